The van der Waals surface area contributed by atoms with Crippen LogP contribution in [0.1, 0.15) is 330 Å². The first-order valence-electron chi connectivity index (χ1n) is 27.0. The second-order valence-electron chi connectivity index (χ2n) is 18.8. The fourth-order valence-electron chi connectivity index (χ4n) is 9.61. The molecule has 0 aliphatic carbocycles. The van der Waals surface area contributed by atoms with Crippen LogP contribution in [0.25, 0.3) is 0 Å². The monoisotopic (exact) mass is 774 g/mol. The quantitative estimate of drug-likeness (QED) is 0.0557. The number of rotatable bonds is 49. The van der Waals surface area contributed by atoms with E-state index < -0.39 is 0 Å². The van der Waals surface area contributed by atoms with Gasteiger partial charge in [-0.15, -0.1) is 0 Å². The summed E-state index contributed by atoms with van der Waals surface area (Å²) in [5.41, 5.74) is 0.451. The Bertz CT molecular complexity index is 626. The summed E-state index contributed by atoms with van der Waals surface area (Å²) in [7, 11) is 0. The van der Waals surface area contributed by atoms with Gasteiger partial charge in [-0.1, -0.05) is 298 Å². The van der Waals surface area contributed by atoms with Gasteiger partial charge in [-0.05, 0) is 45.2 Å². The Labute approximate surface area is 352 Å². The molecule has 0 heterocycles. The van der Waals surface area contributed by atoms with Gasteiger partial charge in [-0.25, -0.2) is 0 Å². The highest BCUT2D eigenvalue weighted by Gasteiger charge is 2.32. The van der Waals surface area contributed by atoms with Gasteiger partial charge < -0.3 is 0 Å². The minimum absolute atomic E-state index is 0.451. The average molecular weight is 774 g/mol. The van der Waals surface area contributed by atoms with Crippen LogP contribution in [-0.4, -0.2) is 23.5 Å². The first kappa shape index (κ1) is 55.0. The molecule has 0 aliphatic heterocycles. The zero-order valence-corrected chi connectivity index (χ0v) is 39.9. The molecule has 0 bridgehead atoms. The normalized spacial score (nSPS) is 12.1. The van der Waals surface area contributed by atoms with Gasteiger partial charge in [0.25, 0.3) is 0 Å². The van der Waals surface area contributed by atoms with Crippen molar-refractivity contribution in [2.45, 2.75) is 336 Å². The molecule has 0 aliphatic rings. The molecule has 0 aromatic carbocycles. The van der Waals surface area contributed by atoms with Crippen molar-refractivity contribution < 1.29 is 0 Å². The molecule has 0 aromatic rings. The summed E-state index contributed by atoms with van der Waals surface area (Å²) in [4.78, 5) is 3.04. The number of nitrogens with zero attached hydrogens (tertiary/aromatic N) is 1. The molecule has 0 spiro atoms. The number of hydrogen-bond acceptors (Lipinski definition) is 1. The molecule has 332 valence electrons. The molecular weight excluding hydrogens is 663 g/mol. The maximum atomic E-state index is 3.04. The summed E-state index contributed by atoms with van der Waals surface area (Å²) in [6, 6.07) is 0. The van der Waals surface area contributed by atoms with Crippen LogP contribution in [0.15, 0.2) is 0 Å². The van der Waals surface area contributed by atoms with Gasteiger partial charge in [0.15, 0.2) is 0 Å². The van der Waals surface area contributed by atoms with Crippen LogP contribution in [0.5, 0.6) is 0 Å². The lowest BCUT2D eigenvalue weighted by Gasteiger charge is -2.44. The van der Waals surface area contributed by atoms with Crippen LogP contribution in [0.2, 0.25) is 0 Å². The second kappa shape index (κ2) is 46.6. The SMILES string of the molecule is CCCCCCCCCCCCCCCCCCCCN(CCCCCCCCCCCCCCCCCCCC)C(CC)(CC)CCCCCCCCC. The van der Waals surface area contributed by atoms with Crippen LogP contribution in [0.3, 0.4) is 0 Å². The summed E-state index contributed by atoms with van der Waals surface area (Å²) in [5, 5.41) is 0. The van der Waals surface area contributed by atoms with Gasteiger partial charge in [-0.2, -0.15) is 0 Å². The van der Waals surface area contributed by atoms with E-state index in [0.29, 0.717) is 5.54 Å². The topological polar surface area (TPSA) is 3.24 Å². The zero-order chi connectivity index (χ0) is 40.0. The Morgan fingerprint density at radius 1 is 0.218 bits per heavy atom. The van der Waals surface area contributed by atoms with E-state index in [2.05, 4.69) is 39.5 Å². The van der Waals surface area contributed by atoms with E-state index >= 15 is 0 Å². The first-order chi connectivity index (χ1) is 27.2. The molecular formula is C54H111N. The summed E-state index contributed by atoms with van der Waals surface area (Å²) in [6.45, 7) is 14.7. The largest absolute Gasteiger partial charge is 0.298 e. The van der Waals surface area contributed by atoms with Crippen LogP contribution in [0, 0.1) is 0 Å². The summed E-state index contributed by atoms with van der Waals surface area (Å²) in [6.07, 6.45) is 67.0. The Balaban J connectivity index is 4.25. The van der Waals surface area contributed by atoms with Crippen LogP contribution >= 0.6 is 0 Å². The molecule has 0 radical (unpaired) electrons. The Morgan fingerprint density at radius 3 is 0.600 bits per heavy atom. The van der Waals surface area contributed by atoms with Crippen LogP contribution in [0.4, 0.5) is 0 Å². The van der Waals surface area contributed by atoms with E-state index in [1.165, 1.54) is 308 Å². The maximum Gasteiger partial charge on any atom is 0.0204 e. The van der Waals surface area contributed by atoms with E-state index in [-0.39, 0.29) is 0 Å². The molecule has 0 fully saturated rings. The molecule has 0 amide bonds. The van der Waals surface area contributed by atoms with Gasteiger partial charge in [0, 0.05) is 5.54 Å². The minimum atomic E-state index is 0.451. The molecule has 0 saturated carbocycles. The smallest absolute Gasteiger partial charge is 0.0204 e. The predicted octanol–water partition coefficient (Wildman–Crippen LogP) is 20.1. The van der Waals surface area contributed by atoms with Crippen molar-refractivity contribution in [3.8, 4) is 0 Å². The van der Waals surface area contributed by atoms with Gasteiger partial charge >= 0.3 is 0 Å². The molecule has 0 rings (SSSR count). The standard InChI is InChI=1S/C54H111N/c1-6-11-14-17-20-22-24-26-28-30-32-34-36-38-40-43-46-49-52-55(54(9-4,10-5)51-48-45-42-19-16-13-8-3)53-50-47-44-41-39-37-35-33-31-29-27-25-23-21-18-15-12-7-2/h6-53H2,1-5H3. The van der Waals surface area contributed by atoms with E-state index in [1.54, 1.807) is 0 Å². The first-order valence-corrected chi connectivity index (χ1v) is 27.0. The highest BCUT2D eigenvalue weighted by molar-refractivity contribution is 4.88. The van der Waals surface area contributed by atoms with Gasteiger partial charge in [0.05, 0.1) is 0 Å². The molecule has 55 heavy (non-hydrogen) atoms. The van der Waals surface area contributed by atoms with Crippen molar-refractivity contribution in [3.63, 3.8) is 0 Å². The second-order valence-corrected chi connectivity index (χ2v) is 18.8. The van der Waals surface area contributed by atoms with Crippen LogP contribution < -0.4 is 0 Å². The Hall–Kier alpha value is -0.0400. The molecule has 1 nitrogen and oxygen atoms in total. The lowest BCUT2D eigenvalue weighted by atomic mass is 9.84. The summed E-state index contributed by atoms with van der Waals surface area (Å²) < 4.78 is 0. The van der Waals surface area contributed by atoms with Crippen molar-refractivity contribution in [2.75, 3.05) is 13.1 Å². The van der Waals surface area contributed by atoms with E-state index in [0.717, 1.165) is 0 Å². The third kappa shape index (κ3) is 37.9. The third-order valence-corrected chi connectivity index (χ3v) is 13.8. The Kier molecular flexibility index (Phi) is 46.6. The number of unbranched alkanes of at least 4 members (excludes halogenated alkanes) is 40. The van der Waals surface area contributed by atoms with E-state index in [1.807, 2.05) is 0 Å². The molecule has 0 saturated heterocycles. The highest BCUT2D eigenvalue weighted by Crippen LogP contribution is 2.32. The predicted molar refractivity (Wildman–Crippen MR) is 255 cm³/mol. The van der Waals surface area contributed by atoms with Crippen LogP contribution in [-0.2, 0) is 0 Å². The number of hydrogen-bond donors (Lipinski definition) is 0. The fourth-order valence-corrected chi connectivity index (χ4v) is 9.61. The van der Waals surface area contributed by atoms with E-state index in [4.69, 9.17) is 0 Å². The van der Waals surface area contributed by atoms with Gasteiger partial charge in [-0.3, -0.25) is 4.90 Å². The van der Waals surface area contributed by atoms with Crippen molar-refractivity contribution >= 4 is 0 Å². The van der Waals surface area contributed by atoms with Crippen molar-refractivity contribution in [3.05, 3.63) is 0 Å². The third-order valence-electron chi connectivity index (χ3n) is 13.8. The van der Waals surface area contributed by atoms with Crippen molar-refractivity contribution in [1.82, 2.24) is 4.90 Å². The highest BCUT2D eigenvalue weighted by atomic mass is 15.2. The minimum Gasteiger partial charge on any atom is -0.298 e. The average Bonchev–Trinajstić information content (AvgIpc) is 3.20. The molecule has 1 heteroatoms. The molecule has 0 N–H and O–H groups in total. The zero-order valence-electron chi connectivity index (χ0n) is 39.9. The Morgan fingerprint density at radius 2 is 0.400 bits per heavy atom. The van der Waals surface area contributed by atoms with E-state index in [9.17, 15) is 0 Å². The van der Waals surface area contributed by atoms with Crippen molar-refractivity contribution in [2.24, 2.45) is 0 Å². The van der Waals surface area contributed by atoms with Gasteiger partial charge in [0.2, 0.25) is 0 Å². The summed E-state index contributed by atoms with van der Waals surface area (Å²) in [5.74, 6) is 0. The fraction of sp³-hybridized carbons (Fsp3) is 1.00. The lowest BCUT2D eigenvalue weighted by molar-refractivity contribution is 0.0620. The summed E-state index contributed by atoms with van der Waals surface area (Å²) >= 11 is 0. The molecule has 0 atom stereocenters. The van der Waals surface area contributed by atoms with Gasteiger partial charge in [0.1, 0.15) is 0 Å². The van der Waals surface area contributed by atoms with Crippen molar-refractivity contribution in [1.29, 1.82) is 0 Å². The maximum absolute atomic E-state index is 3.04. The molecule has 0 aromatic heterocycles. The molecule has 0 unspecified atom stereocenters. The lowest BCUT2D eigenvalue weighted by Crippen LogP contribution is -2.49.